The molecule has 0 aromatic carbocycles. The molecule has 0 unspecified atom stereocenters. The van der Waals surface area contributed by atoms with E-state index in [1.54, 1.807) is 0 Å². The summed E-state index contributed by atoms with van der Waals surface area (Å²) in [6.07, 6.45) is 2.25. The highest BCUT2D eigenvalue weighted by Gasteiger charge is 2.22. The summed E-state index contributed by atoms with van der Waals surface area (Å²) in [5.41, 5.74) is 0. The van der Waals surface area contributed by atoms with E-state index in [2.05, 4.69) is 10.6 Å². The molecule has 1 saturated heterocycles. The summed E-state index contributed by atoms with van der Waals surface area (Å²) in [4.78, 5) is 24.8. The van der Waals surface area contributed by atoms with Gasteiger partial charge in [0.15, 0.2) is 0 Å². The number of nitrogens with zero attached hydrogens (tertiary/aromatic N) is 1. The van der Waals surface area contributed by atoms with Crippen LogP contribution in [-0.2, 0) is 4.79 Å². The Bertz CT molecular complexity index is 271. The zero-order valence-electron chi connectivity index (χ0n) is 11.0. The highest BCUT2D eigenvalue weighted by Crippen LogP contribution is 2.11. The number of hydrogen-bond donors (Lipinski definition) is 2. The Balaban J connectivity index is 2.27. The van der Waals surface area contributed by atoms with Gasteiger partial charge in [-0.15, -0.1) is 0 Å². The van der Waals surface area contributed by atoms with Crippen molar-refractivity contribution >= 4 is 11.9 Å². The molecule has 5 heteroatoms. The molecule has 5 nitrogen and oxygen atoms in total. The van der Waals surface area contributed by atoms with Crippen molar-refractivity contribution in [3.05, 3.63) is 0 Å². The van der Waals surface area contributed by atoms with Crippen molar-refractivity contribution in [2.75, 3.05) is 13.1 Å². The van der Waals surface area contributed by atoms with Gasteiger partial charge in [0.25, 0.3) is 0 Å². The largest absolute Gasteiger partial charge is 0.343 e. The second-order valence-corrected chi connectivity index (χ2v) is 4.78. The fourth-order valence-electron chi connectivity index (χ4n) is 1.99. The standard InChI is InChI=1S/C12H23N3O2/c1-4-11(16)15-7-5-10(6-8-15)14-12(17)13-9(2)3/h9-10H,4-8H2,1-3H3,(H2,13,14,17). The Morgan fingerprint density at radius 1 is 1.29 bits per heavy atom. The molecule has 1 rings (SSSR count). The molecule has 0 radical (unpaired) electrons. The molecule has 3 amide bonds. The van der Waals surface area contributed by atoms with E-state index < -0.39 is 0 Å². The summed E-state index contributed by atoms with van der Waals surface area (Å²) in [5.74, 6) is 0.204. The summed E-state index contributed by atoms with van der Waals surface area (Å²) >= 11 is 0. The van der Waals surface area contributed by atoms with E-state index in [9.17, 15) is 9.59 Å². The van der Waals surface area contributed by atoms with Crippen LogP contribution in [0.4, 0.5) is 4.79 Å². The highest BCUT2D eigenvalue weighted by molar-refractivity contribution is 5.76. The number of carbonyl (C=O) groups excluding carboxylic acids is 2. The van der Waals surface area contributed by atoms with Crippen molar-refractivity contribution < 1.29 is 9.59 Å². The maximum atomic E-state index is 11.5. The van der Waals surface area contributed by atoms with E-state index in [1.807, 2.05) is 25.7 Å². The second-order valence-electron chi connectivity index (χ2n) is 4.78. The van der Waals surface area contributed by atoms with Crippen LogP contribution >= 0.6 is 0 Å². The number of amides is 3. The first-order valence-corrected chi connectivity index (χ1v) is 6.37. The lowest BCUT2D eigenvalue weighted by atomic mass is 10.0. The molecule has 0 saturated carbocycles. The van der Waals surface area contributed by atoms with Crippen LogP contribution in [0.15, 0.2) is 0 Å². The lowest BCUT2D eigenvalue weighted by Gasteiger charge is -2.32. The van der Waals surface area contributed by atoms with Crippen molar-refractivity contribution in [2.45, 2.75) is 52.1 Å². The maximum absolute atomic E-state index is 11.5. The minimum absolute atomic E-state index is 0.111. The Kier molecular flexibility index (Phi) is 5.25. The number of hydrogen-bond acceptors (Lipinski definition) is 2. The average Bonchev–Trinajstić information content (AvgIpc) is 2.28. The summed E-state index contributed by atoms with van der Waals surface area (Å²) in [5, 5.41) is 5.74. The molecule has 2 N–H and O–H groups in total. The van der Waals surface area contributed by atoms with E-state index >= 15 is 0 Å². The van der Waals surface area contributed by atoms with Crippen LogP contribution in [0.5, 0.6) is 0 Å². The molecule has 1 aliphatic rings. The molecule has 0 spiro atoms. The van der Waals surface area contributed by atoms with E-state index in [4.69, 9.17) is 0 Å². The third kappa shape index (κ3) is 4.63. The predicted molar refractivity (Wildman–Crippen MR) is 66.7 cm³/mol. The van der Waals surface area contributed by atoms with Gasteiger partial charge in [-0.2, -0.15) is 0 Å². The van der Waals surface area contributed by atoms with E-state index in [0.29, 0.717) is 6.42 Å². The van der Waals surface area contributed by atoms with Gasteiger partial charge in [0, 0.05) is 31.6 Å². The lowest BCUT2D eigenvalue weighted by molar-refractivity contribution is -0.131. The lowest BCUT2D eigenvalue weighted by Crippen LogP contribution is -2.50. The Labute approximate surface area is 103 Å². The molecule has 0 aliphatic carbocycles. The SMILES string of the molecule is CCC(=O)N1CCC(NC(=O)NC(C)C)CC1. The summed E-state index contributed by atoms with van der Waals surface area (Å²) in [6, 6.07) is 0.228. The maximum Gasteiger partial charge on any atom is 0.315 e. The van der Waals surface area contributed by atoms with Gasteiger partial charge in [-0.05, 0) is 26.7 Å². The van der Waals surface area contributed by atoms with Crippen molar-refractivity contribution in [3.63, 3.8) is 0 Å². The third-order valence-electron chi connectivity index (χ3n) is 2.91. The van der Waals surface area contributed by atoms with Crippen LogP contribution in [0.2, 0.25) is 0 Å². The van der Waals surface area contributed by atoms with Gasteiger partial charge in [-0.25, -0.2) is 4.79 Å². The van der Waals surface area contributed by atoms with Crippen LogP contribution in [0, 0.1) is 0 Å². The zero-order valence-corrected chi connectivity index (χ0v) is 11.0. The molecule has 1 aliphatic heterocycles. The summed E-state index contributed by atoms with van der Waals surface area (Å²) < 4.78 is 0. The summed E-state index contributed by atoms with van der Waals surface area (Å²) in [6.45, 7) is 7.24. The van der Waals surface area contributed by atoms with Gasteiger partial charge in [-0.1, -0.05) is 6.92 Å². The Morgan fingerprint density at radius 3 is 2.35 bits per heavy atom. The average molecular weight is 241 g/mol. The van der Waals surface area contributed by atoms with E-state index in [-0.39, 0.29) is 24.0 Å². The second kappa shape index (κ2) is 6.47. The van der Waals surface area contributed by atoms with Gasteiger partial charge in [0.2, 0.25) is 5.91 Å². The zero-order chi connectivity index (χ0) is 12.8. The Hall–Kier alpha value is -1.26. The smallest absolute Gasteiger partial charge is 0.315 e. The van der Waals surface area contributed by atoms with Gasteiger partial charge in [0.05, 0.1) is 0 Å². The fraction of sp³-hybridized carbons (Fsp3) is 0.833. The number of piperidine rings is 1. The molecule has 98 valence electrons. The minimum Gasteiger partial charge on any atom is -0.343 e. The molecule has 0 aromatic heterocycles. The fourth-order valence-corrected chi connectivity index (χ4v) is 1.99. The minimum atomic E-state index is -0.111. The molecule has 0 bridgehead atoms. The normalized spacial score (nSPS) is 17.1. The number of rotatable bonds is 3. The number of carbonyl (C=O) groups is 2. The van der Waals surface area contributed by atoms with Crippen LogP contribution in [-0.4, -0.2) is 42.0 Å². The van der Waals surface area contributed by atoms with E-state index in [0.717, 1.165) is 25.9 Å². The molecule has 17 heavy (non-hydrogen) atoms. The van der Waals surface area contributed by atoms with Crippen molar-refractivity contribution in [2.24, 2.45) is 0 Å². The van der Waals surface area contributed by atoms with Crippen molar-refractivity contribution in [3.8, 4) is 0 Å². The van der Waals surface area contributed by atoms with Gasteiger partial charge in [-0.3, -0.25) is 4.79 Å². The van der Waals surface area contributed by atoms with Crippen molar-refractivity contribution in [1.29, 1.82) is 0 Å². The van der Waals surface area contributed by atoms with E-state index in [1.165, 1.54) is 0 Å². The van der Waals surface area contributed by atoms with Crippen molar-refractivity contribution in [1.82, 2.24) is 15.5 Å². The van der Waals surface area contributed by atoms with Crippen LogP contribution < -0.4 is 10.6 Å². The van der Waals surface area contributed by atoms with Gasteiger partial charge in [0.1, 0.15) is 0 Å². The molecule has 0 aromatic rings. The molecule has 0 atom stereocenters. The number of nitrogens with one attached hydrogen (secondary N) is 2. The van der Waals surface area contributed by atoms with Gasteiger partial charge >= 0.3 is 6.03 Å². The van der Waals surface area contributed by atoms with Crippen LogP contribution in [0.3, 0.4) is 0 Å². The first-order chi connectivity index (χ1) is 8.02. The highest BCUT2D eigenvalue weighted by atomic mass is 16.2. The molecule has 1 heterocycles. The summed E-state index contributed by atoms with van der Waals surface area (Å²) in [7, 11) is 0. The number of likely N-dealkylation sites (tertiary alicyclic amines) is 1. The topological polar surface area (TPSA) is 61.4 Å². The van der Waals surface area contributed by atoms with Gasteiger partial charge < -0.3 is 15.5 Å². The molecular weight excluding hydrogens is 218 g/mol. The molecule has 1 fully saturated rings. The van der Waals surface area contributed by atoms with Crippen LogP contribution in [0.25, 0.3) is 0 Å². The third-order valence-corrected chi connectivity index (χ3v) is 2.91. The molecular formula is C12H23N3O2. The quantitative estimate of drug-likeness (QED) is 0.777. The van der Waals surface area contributed by atoms with Crippen LogP contribution in [0.1, 0.15) is 40.0 Å². The predicted octanol–water partition coefficient (Wildman–Crippen LogP) is 1.09. The Morgan fingerprint density at radius 2 is 1.88 bits per heavy atom. The monoisotopic (exact) mass is 241 g/mol. The first-order valence-electron chi connectivity index (χ1n) is 6.37. The number of urea groups is 1. The first kappa shape index (κ1) is 13.8.